The van der Waals surface area contributed by atoms with Gasteiger partial charge < -0.3 is 4.74 Å². The highest BCUT2D eigenvalue weighted by Gasteiger charge is 2.32. The topological polar surface area (TPSA) is 75.7 Å². The second kappa shape index (κ2) is 11.9. The Labute approximate surface area is 172 Å². The molecule has 1 rings (SSSR count). The normalized spacial score (nSPS) is 12.3. The van der Waals surface area contributed by atoms with Gasteiger partial charge in [-0.25, -0.2) is 10.2 Å². The molecule has 0 radical (unpaired) electrons. The lowest BCUT2D eigenvalue weighted by Gasteiger charge is -2.31. The first kappa shape index (κ1) is 24.2. The van der Waals surface area contributed by atoms with Gasteiger partial charge >= 0.3 is 5.97 Å². The SMILES string of the molecule is CCOC(=O)C(CSC(C)(C)C)N(NCC(=O)Cc1ccccc1)C(=O)CC. The van der Waals surface area contributed by atoms with Crippen LogP contribution < -0.4 is 5.43 Å². The van der Waals surface area contributed by atoms with Crippen molar-refractivity contribution in [2.45, 2.75) is 58.2 Å². The van der Waals surface area contributed by atoms with Crippen LogP contribution in [0.1, 0.15) is 46.6 Å². The monoisotopic (exact) mass is 408 g/mol. The smallest absolute Gasteiger partial charge is 0.331 e. The maximum absolute atomic E-state index is 12.5. The zero-order valence-corrected chi connectivity index (χ0v) is 18.3. The lowest BCUT2D eigenvalue weighted by molar-refractivity contribution is -0.156. The minimum absolute atomic E-state index is 0.0310. The Morgan fingerprint density at radius 1 is 1.14 bits per heavy atom. The summed E-state index contributed by atoms with van der Waals surface area (Å²) in [5.41, 5.74) is 3.80. The highest BCUT2D eigenvalue weighted by Crippen LogP contribution is 2.25. The molecule has 0 aliphatic rings. The van der Waals surface area contributed by atoms with Gasteiger partial charge in [-0.05, 0) is 12.5 Å². The fraction of sp³-hybridized carbons (Fsp3) is 0.571. The molecule has 0 heterocycles. The van der Waals surface area contributed by atoms with E-state index in [1.807, 2.05) is 51.1 Å². The summed E-state index contributed by atoms with van der Waals surface area (Å²) in [7, 11) is 0. The second-order valence-corrected chi connectivity index (χ2v) is 9.19. The number of nitrogens with one attached hydrogen (secondary N) is 1. The molecule has 7 heteroatoms. The van der Waals surface area contributed by atoms with Crippen molar-refractivity contribution in [2.24, 2.45) is 0 Å². The highest BCUT2D eigenvalue weighted by molar-refractivity contribution is 8.00. The average molecular weight is 409 g/mol. The van der Waals surface area contributed by atoms with Gasteiger partial charge in [0.25, 0.3) is 0 Å². The summed E-state index contributed by atoms with van der Waals surface area (Å²) in [6.07, 6.45) is 0.485. The van der Waals surface area contributed by atoms with E-state index in [-0.39, 0.29) is 42.4 Å². The summed E-state index contributed by atoms with van der Waals surface area (Å²) in [4.78, 5) is 37.3. The molecule has 0 bridgehead atoms. The first-order chi connectivity index (χ1) is 13.2. The van der Waals surface area contributed by atoms with E-state index < -0.39 is 12.0 Å². The van der Waals surface area contributed by atoms with E-state index in [1.165, 1.54) is 5.01 Å². The third kappa shape index (κ3) is 8.89. The standard InChI is InChI=1S/C21H32N2O4S/c1-6-19(25)23(18(20(26)27-7-2)15-28-21(3,4)5)22-14-17(24)13-16-11-9-8-10-12-16/h8-12,18,22H,6-7,13-15H2,1-5H3. The molecule has 6 nitrogen and oxygen atoms in total. The van der Waals surface area contributed by atoms with Crippen LogP contribution in [-0.4, -0.2) is 52.4 Å². The number of Topliss-reactive ketones (excluding diaryl/α,β-unsaturated/α-hetero) is 1. The molecule has 1 aromatic carbocycles. The maximum Gasteiger partial charge on any atom is 0.331 e. The van der Waals surface area contributed by atoms with Crippen molar-refractivity contribution in [1.29, 1.82) is 0 Å². The molecule has 1 amide bonds. The van der Waals surface area contributed by atoms with Gasteiger partial charge in [-0.15, -0.1) is 0 Å². The minimum atomic E-state index is -0.791. The van der Waals surface area contributed by atoms with Crippen molar-refractivity contribution < 1.29 is 19.1 Å². The summed E-state index contributed by atoms with van der Waals surface area (Å²) in [5.74, 6) is -0.399. The number of hydrazine groups is 1. The summed E-state index contributed by atoms with van der Waals surface area (Å²) in [6.45, 7) is 9.79. The molecule has 0 spiro atoms. The van der Waals surface area contributed by atoms with Crippen LogP contribution in [0.2, 0.25) is 0 Å². The summed E-state index contributed by atoms with van der Waals surface area (Å²) < 4.78 is 5.10. The second-order valence-electron chi connectivity index (χ2n) is 7.34. The third-order valence-electron chi connectivity index (χ3n) is 3.81. The Kier molecular flexibility index (Phi) is 10.2. The van der Waals surface area contributed by atoms with Gasteiger partial charge in [0.1, 0.15) is 0 Å². The number of carbonyl (C=O) groups is 3. The predicted octanol–water partition coefficient (Wildman–Crippen LogP) is 3.00. The zero-order chi connectivity index (χ0) is 21.2. The van der Waals surface area contributed by atoms with Gasteiger partial charge in [0.2, 0.25) is 5.91 Å². The number of esters is 1. The molecule has 0 aliphatic heterocycles. The molecule has 28 heavy (non-hydrogen) atoms. The van der Waals surface area contributed by atoms with E-state index in [0.29, 0.717) is 5.75 Å². The molecule has 0 aromatic heterocycles. The number of rotatable bonds is 11. The fourth-order valence-electron chi connectivity index (χ4n) is 2.42. The van der Waals surface area contributed by atoms with Crippen LogP contribution in [0, 0.1) is 0 Å². The van der Waals surface area contributed by atoms with Gasteiger partial charge in [-0.1, -0.05) is 58.0 Å². The maximum atomic E-state index is 12.5. The van der Waals surface area contributed by atoms with Crippen LogP contribution >= 0.6 is 11.8 Å². The zero-order valence-electron chi connectivity index (χ0n) is 17.5. The molecule has 1 atom stereocenters. The van der Waals surface area contributed by atoms with Crippen molar-refractivity contribution >= 4 is 29.4 Å². The third-order valence-corrected chi connectivity index (χ3v) is 5.15. The van der Waals surface area contributed by atoms with Crippen molar-refractivity contribution in [3.63, 3.8) is 0 Å². The number of amides is 1. The molecule has 0 saturated carbocycles. The number of carbonyl (C=O) groups excluding carboxylic acids is 3. The van der Waals surface area contributed by atoms with Gasteiger partial charge in [0, 0.05) is 23.3 Å². The molecule has 156 valence electrons. The van der Waals surface area contributed by atoms with Gasteiger partial charge in [-0.2, -0.15) is 11.8 Å². The van der Waals surface area contributed by atoms with Crippen molar-refractivity contribution in [2.75, 3.05) is 18.9 Å². The Bertz CT molecular complexity index is 644. The van der Waals surface area contributed by atoms with E-state index in [2.05, 4.69) is 5.43 Å². The van der Waals surface area contributed by atoms with Crippen molar-refractivity contribution in [3.05, 3.63) is 35.9 Å². The van der Waals surface area contributed by atoms with Crippen LogP contribution in [0.4, 0.5) is 0 Å². The lowest BCUT2D eigenvalue weighted by Crippen LogP contribution is -2.55. The summed E-state index contributed by atoms with van der Waals surface area (Å²) >= 11 is 1.57. The van der Waals surface area contributed by atoms with Crippen LogP contribution in [0.15, 0.2) is 30.3 Å². The van der Waals surface area contributed by atoms with E-state index in [0.717, 1.165) is 5.56 Å². The summed E-state index contributed by atoms with van der Waals surface area (Å²) in [5, 5.41) is 1.28. The highest BCUT2D eigenvalue weighted by atomic mass is 32.2. The molecular weight excluding hydrogens is 376 g/mol. The van der Waals surface area contributed by atoms with E-state index in [4.69, 9.17) is 4.74 Å². The molecule has 0 aliphatic carbocycles. The first-order valence-corrected chi connectivity index (χ1v) is 10.6. The number of thioether (sulfide) groups is 1. The minimum Gasteiger partial charge on any atom is -0.464 e. The van der Waals surface area contributed by atoms with Crippen LogP contribution in [0.5, 0.6) is 0 Å². The number of ether oxygens (including phenoxy) is 1. The van der Waals surface area contributed by atoms with Gasteiger partial charge in [-0.3, -0.25) is 14.6 Å². The Morgan fingerprint density at radius 2 is 1.79 bits per heavy atom. The van der Waals surface area contributed by atoms with Gasteiger partial charge in [0.15, 0.2) is 11.8 Å². The van der Waals surface area contributed by atoms with Gasteiger partial charge in [0.05, 0.1) is 13.2 Å². The van der Waals surface area contributed by atoms with E-state index in [9.17, 15) is 14.4 Å². The Morgan fingerprint density at radius 3 is 2.32 bits per heavy atom. The van der Waals surface area contributed by atoms with E-state index in [1.54, 1.807) is 25.6 Å². The van der Waals surface area contributed by atoms with Crippen LogP contribution in [0.25, 0.3) is 0 Å². The number of nitrogens with zero attached hydrogens (tertiary/aromatic N) is 1. The molecular formula is C21H32N2O4S. The predicted molar refractivity (Wildman–Crippen MR) is 113 cm³/mol. The molecule has 1 aromatic rings. The van der Waals surface area contributed by atoms with Crippen molar-refractivity contribution in [3.8, 4) is 0 Å². The van der Waals surface area contributed by atoms with Crippen LogP contribution in [0.3, 0.4) is 0 Å². The van der Waals surface area contributed by atoms with Crippen molar-refractivity contribution in [1.82, 2.24) is 10.4 Å². The Balaban J connectivity index is 2.86. The first-order valence-electron chi connectivity index (χ1n) is 9.59. The van der Waals surface area contributed by atoms with Crippen LogP contribution in [-0.2, 0) is 25.5 Å². The Hall–Kier alpha value is -1.86. The van der Waals surface area contributed by atoms with E-state index >= 15 is 0 Å². The number of hydrogen-bond acceptors (Lipinski definition) is 6. The summed E-state index contributed by atoms with van der Waals surface area (Å²) in [6, 6.07) is 8.63. The number of benzene rings is 1. The quantitative estimate of drug-likeness (QED) is 0.448. The number of ketones is 1. The molecule has 1 N–H and O–H groups in total. The fourth-order valence-corrected chi connectivity index (χ4v) is 3.36. The molecule has 0 fully saturated rings. The lowest BCUT2D eigenvalue weighted by atomic mass is 10.1. The molecule has 0 saturated heterocycles. The average Bonchev–Trinajstić information content (AvgIpc) is 2.63. The largest absolute Gasteiger partial charge is 0.464 e. The number of hydrogen-bond donors (Lipinski definition) is 1. The molecule has 1 unspecified atom stereocenters.